The molecule has 0 fully saturated rings. The van der Waals surface area contributed by atoms with Crippen LogP contribution in [0.15, 0.2) is 24.4 Å². The lowest BCUT2D eigenvalue weighted by atomic mass is 10.0. The van der Waals surface area contributed by atoms with Gasteiger partial charge in [0.2, 0.25) is 6.79 Å². The second kappa shape index (κ2) is 5.81. The van der Waals surface area contributed by atoms with Crippen LogP contribution in [-0.4, -0.2) is 28.2 Å². The Balaban J connectivity index is 1.50. The van der Waals surface area contributed by atoms with E-state index in [0.29, 0.717) is 12.7 Å². The van der Waals surface area contributed by atoms with Gasteiger partial charge in [-0.25, -0.2) is 9.97 Å². The van der Waals surface area contributed by atoms with Crippen molar-refractivity contribution in [2.45, 2.75) is 39.3 Å². The highest BCUT2D eigenvalue weighted by molar-refractivity contribution is 5.44. The van der Waals surface area contributed by atoms with Gasteiger partial charge in [-0.2, -0.15) is 0 Å². The van der Waals surface area contributed by atoms with Gasteiger partial charge in [0.05, 0.1) is 5.69 Å². The van der Waals surface area contributed by atoms with Crippen molar-refractivity contribution in [3.8, 4) is 11.5 Å². The number of hydrogen-bond donors (Lipinski definition) is 0. The first kappa shape index (κ1) is 14.5. The first-order chi connectivity index (χ1) is 11.2. The van der Waals surface area contributed by atoms with Crippen LogP contribution in [0.2, 0.25) is 0 Å². The van der Waals surface area contributed by atoms with Crippen molar-refractivity contribution in [3.05, 3.63) is 47.0 Å². The van der Waals surface area contributed by atoms with Crippen LogP contribution in [0.3, 0.4) is 0 Å². The Kier molecular flexibility index (Phi) is 3.65. The van der Waals surface area contributed by atoms with Gasteiger partial charge in [0, 0.05) is 31.7 Å². The summed E-state index contributed by atoms with van der Waals surface area (Å²) >= 11 is 0. The van der Waals surface area contributed by atoms with E-state index < -0.39 is 0 Å². The van der Waals surface area contributed by atoms with E-state index in [1.807, 2.05) is 12.3 Å². The highest BCUT2D eigenvalue weighted by Crippen LogP contribution is 2.33. The van der Waals surface area contributed by atoms with E-state index in [-0.39, 0.29) is 0 Å². The maximum Gasteiger partial charge on any atom is 0.231 e. The Hall–Kier alpha value is -2.14. The molecule has 0 atom stereocenters. The number of hydrogen-bond acceptors (Lipinski definition) is 5. The van der Waals surface area contributed by atoms with Crippen LogP contribution in [0.4, 0.5) is 0 Å². The molecule has 1 aromatic heterocycles. The molecule has 5 nitrogen and oxygen atoms in total. The fourth-order valence-electron chi connectivity index (χ4n) is 3.08. The highest BCUT2D eigenvalue weighted by atomic mass is 16.7. The van der Waals surface area contributed by atoms with Gasteiger partial charge < -0.3 is 9.47 Å². The molecular formula is C18H21N3O2. The van der Waals surface area contributed by atoms with Crippen molar-refractivity contribution in [1.29, 1.82) is 0 Å². The molecule has 2 aliphatic rings. The summed E-state index contributed by atoms with van der Waals surface area (Å²) in [7, 11) is 0. The van der Waals surface area contributed by atoms with Gasteiger partial charge in [0.1, 0.15) is 5.82 Å². The third kappa shape index (κ3) is 2.88. The van der Waals surface area contributed by atoms with E-state index in [1.165, 1.54) is 16.8 Å². The van der Waals surface area contributed by atoms with Crippen molar-refractivity contribution >= 4 is 0 Å². The molecule has 120 valence electrons. The van der Waals surface area contributed by atoms with Gasteiger partial charge >= 0.3 is 0 Å². The average Bonchev–Trinajstić information content (AvgIpc) is 3.02. The highest BCUT2D eigenvalue weighted by Gasteiger charge is 2.20. The summed E-state index contributed by atoms with van der Waals surface area (Å²) in [5, 5.41) is 0. The molecule has 0 unspecified atom stereocenters. The molecule has 0 spiro atoms. The Labute approximate surface area is 136 Å². The summed E-state index contributed by atoms with van der Waals surface area (Å²) < 4.78 is 10.8. The second-order valence-electron chi connectivity index (χ2n) is 6.50. The fourth-order valence-corrected chi connectivity index (χ4v) is 3.08. The van der Waals surface area contributed by atoms with Gasteiger partial charge in [-0.3, -0.25) is 4.90 Å². The van der Waals surface area contributed by atoms with Crippen LogP contribution in [0.1, 0.15) is 42.4 Å². The predicted molar refractivity (Wildman–Crippen MR) is 86.5 cm³/mol. The van der Waals surface area contributed by atoms with Crippen LogP contribution in [-0.2, 0) is 19.5 Å². The molecule has 4 rings (SSSR count). The second-order valence-corrected chi connectivity index (χ2v) is 6.50. The van der Waals surface area contributed by atoms with Gasteiger partial charge in [0.25, 0.3) is 0 Å². The number of fused-ring (bicyclic) bond motifs is 2. The van der Waals surface area contributed by atoms with Gasteiger partial charge in [-0.05, 0) is 29.7 Å². The zero-order valence-corrected chi connectivity index (χ0v) is 13.6. The molecule has 2 aliphatic heterocycles. The molecular weight excluding hydrogens is 290 g/mol. The van der Waals surface area contributed by atoms with Crippen LogP contribution >= 0.6 is 0 Å². The maximum absolute atomic E-state index is 5.47. The Bertz CT molecular complexity index is 730. The molecule has 0 N–H and O–H groups in total. The Morgan fingerprint density at radius 3 is 2.96 bits per heavy atom. The first-order valence-electron chi connectivity index (χ1n) is 8.14. The molecule has 0 aliphatic carbocycles. The molecule has 0 saturated carbocycles. The SMILES string of the molecule is CC(C)c1ncc2c(n1)CN(Cc1ccc3c(c1)OCO3)CC2. The van der Waals surface area contributed by atoms with E-state index in [1.54, 1.807) is 0 Å². The number of nitrogens with zero attached hydrogens (tertiary/aromatic N) is 3. The van der Waals surface area contributed by atoms with E-state index >= 15 is 0 Å². The zero-order valence-electron chi connectivity index (χ0n) is 13.6. The largest absolute Gasteiger partial charge is 0.454 e. The molecule has 23 heavy (non-hydrogen) atoms. The lowest BCUT2D eigenvalue weighted by Crippen LogP contribution is -2.31. The molecule has 0 radical (unpaired) electrons. The smallest absolute Gasteiger partial charge is 0.231 e. The van der Waals surface area contributed by atoms with Crippen LogP contribution in [0.25, 0.3) is 0 Å². The minimum absolute atomic E-state index is 0.324. The van der Waals surface area contributed by atoms with E-state index in [4.69, 9.17) is 14.5 Å². The van der Waals surface area contributed by atoms with Gasteiger partial charge in [0.15, 0.2) is 11.5 Å². The van der Waals surface area contributed by atoms with Crippen LogP contribution in [0.5, 0.6) is 11.5 Å². The van der Waals surface area contributed by atoms with Crippen molar-refractivity contribution in [2.24, 2.45) is 0 Å². The summed E-state index contributed by atoms with van der Waals surface area (Å²) in [5.41, 5.74) is 3.71. The minimum atomic E-state index is 0.324. The van der Waals surface area contributed by atoms with Crippen LogP contribution in [0, 0.1) is 0 Å². The fraction of sp³-hybridized carbons (Fsp3) is 0.444. The molecule has 0 bridgehead atoms. The van der Waals surface area contributed by atoms with Crippen molar-refractivity contribution in [1.82, 2.24) is 14.9 Å². The molecule has 3 heterocycles. The number of rotatable bonds is 3. The summed E-state index contributed by atoms with van der Waals surface area (Å²) in [6, 6.07) is 6.19. The predicted octanol–water partition coefficient (Wildman–Crippen LogP) is 2.89. The minimum Gasteiger partial charge on any atom is -0.454 e. The topological polar surface area (TPSA) is 47.5 Å². The molecule has 1 aromatic carbocycles. The quantitative estimate of drug-likeness (QED) is 0.872. The first-order valence-corrected chi connectivity index (χ1v) is 8.14. The summed E-state index contributed by atoms with van der Waals surface area (Å²) in [6.07, 6.45) is 3.02. The maximum atomic E-state index is 5.47. The van der Waals surface area contributed by atoms with Crippen molar-refractivity contribution < 1.29 is 9.47 Å². The summed E-state index contributed by atoms with van der Waals surface area (Å²) in [5.74, 6) is 3.00. The molecule has 5 heteroatoms. The van der Waals surface area contributed by atoms with Crippen molar-refractivity contribution in [3.63, 3.8) is 0 Å². The normalized spacial score (nSPS) is 16.7. The average molecular weight is 311 g/mol. The number of benzene rings is 1. The molecule has 0 saturated heterocycles. The van der Waals surface area contributed by atoms with Gasteiger partial charge in [-0.15, -0.1) is 0 Å². The lowest BCUT2D eigenvalue weighted by Gasteiger charge is -2.28. The van der Waals surface area contributed by atoms with Crippen LogP contribution < -0.4 is 9.47 Å². The lowest BCUT2D eigenvalue weighted by molar-refractivity contribution is 0.174. The van der Waals surface area contributed by atoms with Crippen molar-refractivity contribution in [2.75, 3.05) is 13.3 Å². The molecule has 2 aromatic rings. The Morgan fingerprint density at radius 1 is 1.22 bits per heavy atom. The zero-order chi connectivity index (χ0) is 15.8. The number of ether oxygens (including phenoxy) is 2. The standard InChI is InChI=1S/C18H21N3O2/c1-12(2)18-19-8-14-5-6-21(10-15(14)20-18)9-13-3-4-16-17(7-13)23-11-22-16/h3-4,7-8,12H,5-6,9-11H2,1-2H3. The summed E-state index contributed by atoms with van der Waals surface area (Å²) in [4.78, 5) is 11.7. The monoisotopic (exact) mass is 311 g/mol. The van der Waals surface area contributed by atoms with E-state index in [9.17, 15) is 0 Å². The molecule has 0 amide bonds. The van der Waals surface area contributed by atoms with E-state index in [0.717, 1.165) is 43.4 Å². The third-order valence-electron chi connectivity index (χ3n) is 4.40. The number of aromatic nitrogens is 2. The van der Waals surface area contributed by atoms with E-state index in [2.05, 4.69) is 35.9 Å². The summed E-state index contributed by atoms with van der Waals surface area (Å²) in [6.45, 7) is 7.41. The van der Waals surface area contributed by atoms with Gasteiger partial charge in [-0.1, -0.05) is 19.9 Å². The Morgan fingerprint density at radius 2 is 2.09 bits per heavy atom. The third-order valence-corrected chi connectivity index (χ3v) is 4.40.